The Kier molecular flexibility index (Phi) is 4.56. The predicted octanol–water partition coefficient (Wildman–Crippen LogP) is 1.59. The van der Waals surface area contributed by atoms with Gasteiger partial charge in [-0.3, -0.25) is 9.82 Å². The van der Waals surface area contributed by atoms with E-state index in [1.165, 1.54) is 11.5 Å². The highest BCUT2D eigenvalue weighted by molar-refractivity contribution is 7.03. The van der Waals surface area contributed by atoms with Gasteiger partial charge in [-0.25, -0.2) is 0 Å². The first-order chi connectivity index (χ1) is 9.22. The molecule has 1 atom stereocenters. The van der Waals surface area contributed by atoms with E-state index in [0.29, 0.717) is 23.4 Å². The van der Waals surface area contributed by atoms with Crippen LogP contribution in [0.2, 0.25) is 0 Å². The summed E-state index contributed by atoms with van der Waals surface area (Å²) in [5.41, 5.74) is 6.39. The highest BCUT2D eigenvalue weighted by Gasteiger charge is 2.29. The number of pyridine rings is 1. The van der Waals surface area contributed by atoms with Crippen LogP contribution in [0.1, 0.15) is 34.1 Å². The van der Waals surface area contributed by atoms with E-state index in [1.54, 1.807) is 13.1 Å². The molecule has 1 aliphatic rings. The fourth-order valence-electron chi connectivity index (χ4n) is 2.18. The van der Waals surface area contributed by atoms with Gasteiger partial charge in [0, 0.05) is 28.3 Å². The number of fused-ring (bicyclic) bond motifs is 1. The minimum Gasteiger partial charge on any atom is -0.506 e. The van der Waals surface area contributed by atoms with Crippen LogP contribution >= 0.6 is 23.9 Å². The maximum absolute atomic E-state index is 10.2. The van der Waals surface area contributed by atoms with Crippen LogP contribution in [0.5, 0.6) is 5.75 Å². The minimum absolute atomic E-state index is 0. The summed E-state index contributed by atoms with van der Waals surface area (Å²) in [6.07, 6.45) is 1.57. The van der Waals surface area contributed by atoms with Gasteiger partial charge in [-0.2, -0.15) is 9.85 Å². The van der Waals surface area contributed by atoms with E-state index in [-0.39, 0.29) is 30.8 Å². The SMILES string of the molecule is Cc1ncc(CO)c(C2NOCc3nscc32)c1O.Cl. The van der Waals surface area contributed by atoms with Crippen LogP contribution in [-0.2, 0) is 18.1 Å². The largest absolute Gasteiger partial charge is 0.506 e. The monoisotopic (exact) mass is 315 g/mol. The van der Waals surface area contributed by atoms with Crippen molar-refractivity contribution < 1.29 is 15.1 Å². The molecule has 0 saturated heterocycles. The van der Waals surface area contributed by atoms with Crippen molar-refractivity contribution in [2.75, 3.05) is 0 Å². The molecule has 3 N–H and O–H groups in total. The highest BCUT2D eigenvalue weighted by atomic mass is 35.5. The van der Waals surface area contributed by atoms with Gasteiger partial charge >= 0.3 is 0 Å². The number of aromatic nitrogens is 2. The van der Waals surface area contributed by atoms with Gasteiger partial charge in [-0.15, -0.1) is 12.4 Å². The molecular formula is C12H14ClN3O3S. The Morgan fingerprint density at radius 3 is 3.10 bits per heavy atom. The molecule has 0 aromatic carbocycles. The fraction of sp³-hybridized carbons (Fsp3) is 0.333. The van der Waals surface area contributed by atoms with Crippen molar-refractivity contribution in [2.24, 2.45) is 0 Å². The summed E-state index contributed by atoms with van der Waals surface area (Å²) < 4.78 is 4.26. The number of aliphatic hydroxyl groups excluding tert-OH is 1. The van der Waals surface area contributed by atoms with E-state index in [2.05, 4.69) is 14.8 Å². The molecule has 2 aromatic rings. The lowest BCUT2D eigenvalue weighted by atomic mass is 9.94. The summed E-state index contributed by atoms with van der Waals surface area (Å²) in [6, 6.07) is -0.341. The maximum atomic E-state index is 10.2. The summed E-state index contributed by atoms with van der Waals surface area (Å²) in [6.45, 7) is 1.92. The Morgan fingerprint density at radius 1 is 1.55 bits per heavy atom. The molecular weight excluding hydrogens is 302 g/mol. The van der Waals surface area contributed by atoms with Crippen molar-refractivity contribution in [3.63, 3.8) is 0 Å². The van der Waals surface area contributed by atoms with Crippen LogP contribution in [0, 0.1) is 6.92 Å². The van der Waals surface area contributed by atoms with Crippen molar-refractivity contribution in [2.45, 2.75) is 26.2 Å². The lowest BCUT2D eigenvalue weighted by Gasteiger charge is -2.26. The third kappa shape index (κ3) is 2.38. The number of aryl methyl sites for hydroxylation is 1. The normalized spacial score (nSPS) is 17.4. The third-order valence-corrected chi connectivity index (χ3v) is 3.90. The zero-order chi connectivity index (χ0) is 13.4. The van der Waals surface area contributed by atoms with Crippen molar-refractivity contribution in [3.05, 3.63) is 39.7 Å². The van der Waals surface area contributed by atoms with Gasteiger partial charge in [-0.1, -0.05) is 0 Å². The molecule has 0 aliphatic carbocycles. The zero-order valence-corrected chi connectivity index (χ0v) is 12.3. The van der Waals surface area contributed by atoms with Crippen LogP contribution < -0.4 is 5.48 Å². The molecule has 1 unspecified atom stereocenters. The van der Waals surface area contributed by atoms with E-state index in [4.69, 9.17) is 4.84 Å². The standard InChI is InChI=1S/C12H13N3O3S.ClH/c1-6-12(17)10(7(3-16)2-13-6)11-8-5-19-15-9(8)4-18-14-11;/h2,5,11,14,16-17H,3-4H2,1H3;1H. The van der Waals surface area contributed by atoms with E-state index < -0.39 is 0 Å². The molecule has 3 heterocycles. The number of nitrogens with zero attached hydrogens (tertiary/aromatic N) is 2. The van der Waals surface area contributed by atoms with Crippen molar-refractivity contribution in [1.29, 1.82) is 0 Å². The van der Waals surface area contributed by atoms with Crippen LogP contribution in [0.25, 0.3) is 0 Å². The van der Waals surface area contributed by atoms with Gasteiger partial charge in [0.1, 0.15) is 12.4 Å². The number of halogens is 1. The summed E-state index contributed by atoms with van der Waals surface area (Å²) in [5, 5.41) is 21.6. The Balaban J connectivity index is 0.00000147. The van der Waals surface area contributed by atoms with Gasteiger partial charge < -0.3 is 10.2 Å². The molecule has 1 aliphatic heterocycles. The molecule has 2 aromatic heterocycles. The van der Waals surface area contributed by atoms with E-state index in [0.717, 1.165) is 11.3 Å². The number of hydroxylamine groups is 1. The third-order valence-electron chi connectivity index (χ3n) is 3.21. The molecule has 20 heavy (non-hydrogen) atoms. The second-order valence-electron chi connectivity index (χ2n) is 4.35. The Bertz CT molecular complexity index is 620. The molecule has 0 amide bonds. The van der Waals surface area contributed by atoms with Crippen LogP contribution in [-0.4, -0.2) is 19.6 Å². The van der Waals surface area contributed by atoms with Crippen molar-refractivity contribution in [3.8, 4) is 5.75 Å². The first kappa shape index (κ1) is 15.1. The molecule has 6 nitrogen and oxygen atoms in total. The Morgan fingerprint density at radius 2 is 2.35 bits per heavy atom. The van der Waals surface area contributed by atoms with Crippen molar-refractivity contribution >= 4 is 23.9 Å². The zero-order valence-electron chi connectivity index (χ0n) is 10.7. The van der Waals surface area contributed by atoms with Crippen LogP contribution in [0.3, 0.4) is 0 Å². The van der Waals surface area contributed by atoms with Gasteiger partial charge in [0.25, 0.3) is 0 Å². The average molecular weight is 316 g/mol. The average Bonchev–Trinajstić information content (AvgIpc) is 2.90. The Labute approximate surface area is 126 Å². The molecule has 108 valence electrons. The lowest BCUT2D eigenvalue weighted by molar-refractivity contribution is -0.00457. The van der Waals surface area contributed by atoms with E-state index in [1.807, 2.05) is 5.38 Å². The predicted molar refractivity (Wildman–Crippen MR) is 75.7 cm³/mol. The molecule has 0 fully saturated rings. The fourth-order valence-corrected chi connectivity index (χ4v) is 2.91. The summed E-state index contributed by atoms with van der Waals surface area (Å²) in [5.74, 6) is 0.0756. The van der Waals surface area contributed by atoms with Gasteiger partial charge in [0.2, 0.25) is 0 Å². The quantitative estimate of drug-likeness (QED) is 0.780. The second-order valence-corrected chi connectivity index (χ2v) is 4.97. The van der Waals surface area contributed by atoms with E-state index in [9.17, 15) is 10.2 Å². The minimum atomic E-state index is -0.341. The number of aromatic hydroxyl groups is 1. The molecule has 0 spiro atoms. The molecule has 8 heteroatoms. The number of nitrogens with one attached hydrogen (secondary N) is 1. The smallest absolute Gasteiger partial charge is 0.142 e. The van der Waals surface area contributed by atoms with Gasteiger partial charge in [0.05, 0.1) is 24.0 Å². The highest BCUT2D eigenvalue weighted by Crippen LogP contribution is 2.37. The topological polar surface area (TPSA) is 87.5 Å². The first-order valence-electron chi connectivity index (χ1n) is 5.81. The lowest BCUT2D eigenvalue weighted by Crippen LogP contribution is -2.29. The first-order valence-corrected chi connectivity index (χ1v) is 6.64. The van der Waals surface area contributed by atoms with Gasteiger partial charge in [-0.05, 0) is 18.5 Å². The second kappa shape index (κ2) is 6.02. The van der Waals surface area contributed by atoms with Crippen molar-refractivity contribution in [1.82, 2.24) is 14.8 Å². The molecule has 0 bridgehead atoms. The van der Waals surface area contributed by atoms with Crippen LogP contribution in [0.4, 0.5) is 0 Å². The van der Waals surface area contributed by atoms with E-state index >= 15 is 0 Å². The molecule has 0 radical (unpaired) electrons. The molecule has 0 saturated carbocycles. The van der Waals surface area contributed by atoms with Gasteiger partial charge in [0.15, 0.2) is 0 Å². The number of hydrogen-bond acceptors (Lipinski definition) is 7. The number of rotatable bonds is 2. The summed E-state index contributed by atoms with van der Waals surface area (Å²) in [7, 11) is 0. The van der Waals surface area contributed by atoms with Crippen LogP contribution in [0.15, 0.2) is 11.6 Å². The Hall–Kier alpha value is -1.25. The maximum Gasteiger partial charge on any atom is 0.142 e. The summed E-state index contributed by atoms with van der Waals surface area (Å²) in [4.78, 5) is 9.35. The summed E-state index contributed by atoms with van der Waals surface area (Å²) >= 11 is 1.35. The molecule has 3 rings (SSSR count). The number of hydrogen-bond donors (Lipinski definition) is 3. The number of aliphatic hydroxyl groups is 1.